The summed E-state index contributed by atoms with van der Waals surface area (Å²) in [6.45, 7) is 26.6. The Morgan fingerprint density at radius 2 is 0.982 bits per heavy atom. The van der Waals surface area contributed by atoms with Gasteiger partial charge < -0.3 is 9.47 Å². The fraction of sp³-hybridized carbons (Fsp3) is 0.412. The lowest BCUT2D eigenvalue weighted by molar-refractivity contribution is -0.0338. The molecule has 0 saturated carbocycles. The van der Waals surface area contributed by atoms with E-state index in [0.29, 0.717) is 5.92 Å². The molecule has 6 rings (SSSR count). The molecule has 5 aromatic carbocycles. The van der Waals surface area contributed by atoms with Crippen molar-refractivity contribution >= 4 is 65.5 Å². The summed E-state index contributed by atoms with van der Waals surface area (Å²) in [6, 6.07) is 25.3. The van der Waals surface area contributed by atoms with Crippen LogP contribution in [0, 0.1) is 61.2 Å². The third kappa shape index (κ3) is 7.45. The highest BCUT2D eigenvalue weighted by molar-refractivity contribution is 8.01. The number of thiophene rings is 1. The van der Waals surface area contributed by atoms with E-state index in [4.69, 9.17) is 9.47 Å². The van der Waals surface area contributed by atoms with Gasteiger partial charge in [0.25, 0.3) is 0 Å². The standard InChI is InChI=1S/C51H58O2S2/c1-30(2)37-17-19-39(20-18-37)54-49-26-38-25-44-40(21-23-50(52-13,31(3)4)32(5)6)45-27-42-35(11)15-16-36(12)43(42)28-46(45)41(47(44)29-48(38)55-49)22-24-51(53-14,33(7)8)34(9)10/h15-20,25-34H,1-14H3. The quantitative estimate of drug-likeness (QED) is 0.108. The summed E-state index contributed by atoms with van der Waals surface area (Å²) in [5, 5.41) is 8.19. The average Bonchev–Trinajstić information content (AvgIpc) is 3.53. The first kappa shape index (κ1) is 40.9. The van der Waals surface area contributed by atoms with Crippen LogP contribution < -0.4 is 0 Å². The van der Waals surface area contributed by atoms with Gasteiger partial charge in [-0.2, -0.15) is 0 Å². The van der Waals surface area contributed by atoms with Gasteiger partial charge in [0.2, 0.25) is 0 Å². The van der Waals surface area contributed by atoms with E-state index in [9.17, 15) is 0 Å². The Bertz CT molecular complexity index is 2340. The van der Waals surface area contributed by atoms with Crippen molar-refractivity contribution in [2.45, 2.75) is 109 Å². The van der Waals surface area contributed by atoms with Crippen molar-refractivity contribution in [3.8, 4) is 23.7 Å². The lowest BCUT2D eigenvalue weighted by Crippen LogP contribution is -2.41. The van der Waals surface area contributed by atoms with Crippen LogP contribution >= 0.6 is 23.1 Å². The van der Waals surface area contributed by atoms with Gasteiger partial charge in [-0.25, -0.2) is 0 Å². The second kappa shape index (κ2) is 16.0. The van der Waals surface area contributed by atoms with E-state index >= 15 is 0 Å². The van der Waals surface area contributed by atoms with Crippen molar-refractivity contribution in [1.82, 2.24) is 0 Å². The minimum absolute atomic E-state index is 0.199. The molecule has 0 amide bonds. The molecule has 2 nitrogen and oxygen atoms in total. The van der Waals surface area contributed by atoms with Crippen LogP contribution in [0.2, 0.25) is 0 Å². The largest absolute Gasteiger partial charge is 0.365 e. The summed E-state index contributed by atoms with van der Waals surface area (Å²) < 4.78 is 15.1. The van der Waals surface area contributed by atoms with E-state index in [2.05, 4.69) is 173 Å². The minimum Gasteiger partial charge on any atom is -0.365 e. The normalized spacial score (nSPS) is 12.6. The van der Waals surface area contributed by atoms with Gasteiger partial charge in [-0.15, -0.1) is 11.3 Å². The Labute approximate surface area is 338 Å². The SMILES string of the molecule is COC(C#Cc1c2cc3cc(Sc4ccc(C(C)C)cc4)sc3cc2c(C#CC(OC)(C(C)C)C(C)C)c2cc3c(C)ccc(C)c3cc12)(C(C)C)C(C)C. The summed E-state index contributed by atoms with van der Waals surface area (Å²) in [5.74, 6) is 16.4. The fourth-order valence-electron chi connectivity index (χ4n) is 8.49. The van der Waals surface area contributed by atoms with Crippen molar-refractivity contribution in [2.75, 3.05) is 14.2 Å². The second-order valence-electron chi connectivity index (χ2n) is 16.8. The van der Waals surface area contributed by atoms with E-state index in [-0.39, 0.29) is 23.7 Å². The molecular weight excluding hydrogens is 709 g/mol. The van der Waals surface area contributed by atoms with Crippen LogP contribution in [0.1, 0.15) is 103 Å². The van der Waals surface area contributed by atoms with Crippen LogP contribution in [-0.2, 0) is 9.47 Å². The number of rotatable bonds is 9. The summed E-state index contributed by atoms with van der Waals surface area (Å²) in [4.78, 5) is 1.25. The Morgan fingerprint density at radius 3 is 1.40 bits per heavy atom. The third-order valence-corrected chi connectivity index (χ3v) is 14.2. The monoisotopic (exact) mass is 766 g/mol. The lowest BCUT2D eigenvalue weighted by Gasteiger charge is -2.35. The molecule has 6 aromatic rings. The van der Waals surface area contributed by atoms with Crippen LogP contribution in [0.15, 0.2) is 75.8 Å². The Balaban J connectivity index is 1.76. The van der Waals surface area contributed by atoms with E-state index < -0.39 is 11.2 Å². The van der Waals surface area contributed by atoms with Gasteiger partial charge in [-0.3, -0.25) is 0 Å². The van der Waals surface area contributed by atoms with E-state index in [1.165, 1.54) is 46.7 Å². The highest BCUT2D eigenvalue weighted by Crippen LogP contribution is 2.43. The minimum atomic E-state index is -0.603. The predicted octanol–water partition coefficient (Wildman–Crippen LogP) is 14.3. The molecule has 4 heteroatoms. The van der Waals surface area contributed by atoms with Gasteiger partial charge in [0.1, 0.15) is 11.2 Å². The molecule has 0 aliphatic heterocycles. The molecule has 0 atom stereocenters. The number of ether oxygens (including phenoxy) is 2. The molecule has 286 valence electrons. The zero-order valence-corrected chi connectivity index (χ0v) is 37.0. The van der Waals surface area contributed by atoms with E-state index in [0.717, 1.165) is 32.7 Å². The third-order valence-electron chi connectivity index (χ3n) is 11.9. The summed E-state index contributed by atoms with van der Waals surface area (Å²) in [7, 11) is 3.61. The molecule has 0 unspecified atom stereocenters. The molecule has 0 spiro atoms. The molecule has 0 bridgehead atoms. The van der Waals surface area contributed by atoms with Crippen LogP contribution in [0.25, 0.3) is 42.4 Å². The maximum absolute atomic E-state index is 6.31. The maximum Gasteiger partial charge on any atom is 0.133 e. The number of aryl methyl sites for hydroxylation is 2. The van der Waals surface area contributed by atoms with Crippen molar-refractivity contribution in [3.63, 3.8) is 0 Å². The molecule has 0 fully saturated rings. The second-order valence-corrected chi connectivity index (χ2v) is 19.3. The molecule has 0 aliphatic carbocycles. The first-order chi connectivity index (χ1) is 26.1. The number of benzene rings is 5. The maximum atomic E-state index is 6.31. The van der Waals surface area contributed by atoms with E-state index in [1.807, 2.05) is 23.1 Å². The molecule has 1 aromatic heterocycles. The number of hydrogen-bond donors (Lipinski definition) is 0. The highest BCUT2D eigenvalue weighted by atomic mass is 32.2. The molecule has 1 heterocycles. The number of hydrogen-bond acceptors (Lipinski definition) is 4. The Hall–Kier alpha value is -3.77. The van der Waals surface area contributed by atoms with Gasteiger partial charge in [-0.1, -0.05) is 129 Å². The predicted molar refractivity (Wildman–Crippen MR) is 241 cm³/mol. The molecule has 0 saturated heterocycles. The van der Waals surface area contributed by atoms with Crippen molar-refractivity contribution in [3.05, 3.63) is 94.5 Å². The molecule has 55 heavy (non-hydrogen) atoms. The zero-order chi connectivity index (χ0) is 40.0. The first-order valence-corrected chi connectivity index (χ1v) is 21.5. The van der Waals surface area contributed by atoms with Crippen molar-refractivity contribution in [2.24, 2.45) is 23.7 Å². The summed E-state index contributed by atoms with van der Waals surface area (Å²) in [5.41, 5.74) is 4.71. The van der Waals surface area contributed by atoms with Gasteiger partial charge in [0.15, 0.2) is 0 Å². The Morgan fingerprint density at radius 1 is 0.545 bits per heavy atom. The number of fused-ring (bicyclic) bond motifs is 4. The average molecular weight is 767 g/mol. The smallest absolute Gasteiger partial charge is 0.133 e. The van der Waals surface area contributed by atoms with Crippen LogP contribution in [0.5, 0.6) is 0 Å². The fourth-order valence-corrected chi connectivity index (χ4v) is 10.7. The zero-order valence-electron chi connectivity index (χ0n) is 35.4. The van der Waals surface area contributed by atoms with Crippen LogP contribution in [0.3, 0.4) is 0 Å². The molecule has 0 N–H and O–H groups in total. The summed E-state index contributed by atoms with van der Waals surface area (Å²) in [6.07, 6.45) is 0. The number of methoxy groups -OCH3 is 2. The van der Waals surface area contributed by atoms with E-state index in [1.54, 1.807) is 14.2 Å². The van der Waals surface area contributed by atoms with Gasteiger partial charge in [-0.05, 0) is 135 Å². The molecule has 0 radical (unpaired) electrons. The van der Waals surface area contributed by atoms with Gasteiger partial charge in [0, 0.05) is 40.3 Å². The van der Waals surface area contributed by atoms with Crippen molar-refractivity contribution in [1.29, 1.82) is 0 Å². The van der Waals surface area contributed by atoms with Gasteiger partial charge in [0.05, 0.1) is 4.21 Å². The van der Waals surface area contributed by atoms with Crippen molar-refractivity contribution < 1.29 is 9.47 Å². The molecule has 0 aliphatic rings. The summed E-state index contributed by atoms with van der Waals surface area (Å²) >= 11 is 3.68. The topological polar surface area (TPSA) is 18.5 Å². The van der Waals surface area contributed by atoms with Gasteiger partial charge >= 0.3 is 0 Å². The lowest BCUT2D eigenvalue weighted by atomic mass is 9.79. The highest BCUT2D eigenvalue weighted by Gasteiger charge is 2.36. The van der Waals surface area contributed by atoms with Crippen LogP contribution in [0.4, 0.5) is 0 Å². The van der Waals surface area contributed by atoms with Crippen LogP contribution in [-0.4, -0.2) is 25.4 Å². The Kier molecular flexibility index (Phi) is 11.9. The molecular formula is C51H58O2S2. The first-order valence-electron chi connectivity index (χ1n) is 19.9.